The second-order valence-corrected chi connectivity index (χ2v) is 4.97. The van der Waals surface area contributed by atoms with Crippen molar-refractivity contribution in [1.82, 2.24) is 0 Å². The summed E-state index contributed by atoms with van der Waals surface area (Å²) < 4.78 is 55.7. The number of carbonyl (C=O) groups excluding carboxylic acids is 1. The van der Waals surface area contributed by atoms with Crippen LogP contribution in [0, 0.1) is 5.82 Å². The summed E-state index contributed by atoms with van der Waals surface area (Å²) in [6, 6.07) is 9.62. The van der Waals surface area contributed by atoms with Gasteiger partial charge in [-0.3, -0.25) is 0 Å². The largest absolute Gasteiger partial charge is 0.416 e. The molecule has 3 nitrogen and oxygen atoms in total. The monoisotopic (exact) mass is 335 g/mol. The van der Waals surface area contributed by atoms with Crippen LogP contribution >= 0.6 is 0 Å². The first-order chi connectivity index (χ1) is 11.3. The lowest BCUT2D eigenvalue weighted by Crippen LogP contribution is -2.05. The highest BCUT2D eigenvalue weighted by molar-refractivity contribution is 6.12. The van der Waals surface area contributed by atoms with Crippen molar-refractivity contribution in [3.05, 3.63) is 76.7 Å². The van der Waals surface area contributed by atoms with E-state index < -0.39 is 23.5 Å². The van der Waals surface area contributed by atoms with Gasteiger partial charge in [-0.2, -0.15) is 13.2 Å². The van der Waals surface area contributed by atoms with E-state index in [-0.39, 0.29) is 11.6 Å². The number of alkyl halides is 3. The summed E-state index contributed by atoms with van der Waals surface area (Å²) in [6.07, 6.45) is -3.13. The van der Waals surface area contributed by atoms with E-state index in [1.807, 2.05) is 0 Å². The maximum atomic E-state index is 13.2. The minimum Gasteiger partial charge on any atom is -0.402 e. The lowest BCUT2D eigenvalue weighted by atomic mass is 10.1. The second-order valence-electron chi connectivity index (χ2n) is 4.97. The number of carbonyl (C=O) groups is 1. The van der Waals surface area contributed by atoms with Gasteiger partial charge in [0.2, 0.25) is 5.90 Å². The Morgan fingerprint density at radius 2 is 1.75 bits per heavy atom. The number of aliphatic imine (C=N–C) groups is 1. The Hall–Kier alpha value is -2.96. The molecule has 0 aliphatic carbocycles. The highest BCUT2D eigenvalue weighted by atomic mass is 19.4. The number of hydrogen-bond donors (Lipinski definition) is 0. The van der Waals surface area contributed by atoms with Crippen molar-refractivity contribution in [1.29, 1.82) is 0 Å². The molecule has 0 fully saturated rings. The summed E-state index contributed by atoms with van der Waals surface area (Å²) in [5, 5.41) is 0. The van der Waals surface area contributed by atoms with Crippen molar-refractivity contribution in [2.75, 3.05) is 0 Å². The number of cyclic esters (lactones) is 1. The predicted octanol–water partition coefficient (Wildman–Crippen LogP) is 4.19. The van der Waals surface area contributed by atoms with Crippen LogP contribution in [0.4, 0.5) is 17.6 Å². The third-order valence-electron chi connectivity index (χ3n) is 3.23. The molecule has 7 heteroatoms. The Morgan fingerprint density at radius 1 is 1.04 bits per heavy atom. The Labute approximate surface area is 133 Å². The molecule has 0 spiro atoms. The van der Waals surface area contributed by atoms with Crippen molar-refractivity contribution < 1.29 is 27.1 Å². The van der Waals surface area contributed by atoms with Gasteiger partial charge in [0.25, 0.3) is 0 Å². The lowest BCUT2D eigenvalue weighted by Gasteiger charge is -2.05. The third kappa shape index (κ3) is 3.34. The van der Waals surface area contributed by atoms with E-state index in [1.165, 1.54) is 36.4 Å². The number of halogens is 4. The smallest absolute Gasteiger partial charge is 0.402 e. The van der Waals surface area contributed by atoms with Gasteiger partial charge < -0.3 is 4.74 Å². The summed E-state index contributed by atoms with van der Waals surface area (Å²) in [5.74, 6) is -1.32. The van der Waals surface area contributed by atoms with E-state index in [0.717, 1.165) is 18.2 Å². The molecular weight excluding hydrogens is 326 g/mol. The van der Waals surface area contributed by atoms with E-state index in [9.17, 15) is 22.4 Å². The van der Waals surface area contributed by atoms with Crippen LogP contribution in [0.25, 0.3) is 6.08 Å². The van der Waals surface area contributed by atoms with Crippen LogP contribution in [0.1, 0.15) is 16.7 Å². The molecule has 24 heavy (non-hydrogen) atoms. The molecule has 0 amide bonds. The van der Waals surface area contributed by atoms with Crippen LogP contribution in [0.5, 0.6) is 0 Å². The van der Waals surface area contributed by atoms with Crippen LogP contribution in [-0.4, -0.2) is 11.9 Å². The van der Waals surface area contributed by atoms with E-state index in [1.54, 1.807) is 0 Å². The zero-order valence-corrected chi connectivity index (χ0v) is 12.0. The van der Waals surface area contributed by atoms with E-state index in [4.69, 9.17) is 4.74 Å². The van der Waals surface area contributed by atoms with Gasteiger partial charge in [-0.15, -0.1) is 0 Å². The van der Waals surface area contributed by atoms with Gasteiger partial charge in [-0.25, -0.2) is 14.2 Å². The minimum atomic E-state index is -4.43. The van der Waals surface area contributed by atoms with Crippen molar-refractivity contribution >= 4 is 17.9 Å². The zero-order chi connectivity index (χ0) is 17.3. The van der Waals surface area contributed by atoms with Gasteiger partial charge >= 0.3 is 12.1 Å². The number of nitrogens with zero attached hydrogens (tertiary/aromatic N) is 1. The normalized spacial score (nSPS) is 16.2. The van der Waals surface area contributed by atoms with Crippen molar-refractivity contribution in [2.24, 2.45) is 4.99 Å². The molecule has 0 aromatic heterocycles. The molecule has 0 saturated heterocycles. The standard InChI is InChI=1S/C17H9F4NO2/c18-13-3-1-2-11(9-13)15-22-14(16(23)24-15)8-10-4-6-12(7-5-10)17(19,20)21/h1-9H/b14-8-. The number of rotatable bonds is 2. The summed E-state index contributed by atoms with van der Waals surface area (Å²) in [4.78, 5) is 15.8. The summed E-state index contributed by atoms with van der Waals surface area (Å²) in [6.45, 7) is 0. The minimum absolute atomic E-state index is 0.0577. The van der Waals surface area contributed by atoms with Crippen molar-refractivity contribution in [3.63, 3.8) is 0 Å². The number of hydrogen-bond acceptors (Lipinski definition) is 3. The summed E-state index contributed by atoms with van der Waals surface area (Å²) in [5.41, 5.74) is -0.213. The fourth-order valence-corrected chi connectivity index (χ4v) is 2.08. The Balaban J connectivity index is 1.88. The first kappa shape index (κ1) is 15.9. The molecule has 1 aliphatic rings. The zero-order valence-electron chi connectivity index (χ0n) is 12.0. The molecule has 0 unspecified atom stereocenters. The fraction of sp³-hybridized carbons (Fsp3) is 0.0588. The number of esters is 1. The molecule has 0 radical (unpaired) electrons. The molecule has 122 valence electrons. The average Bonchev–Trinajstić information content (AvgIpc) is 2.88. The maximum Gasteiger partial charge on any atom is 0.416 e. The first-order valence-electron chi connectivity index (χ1n) is 6.79. The first-order valence-corrected chi connectivity index (χ1v) is 6.79. The topological polar surface area (TPSA) is 38.7 Å². The lowest BCUT2D eigenvalue weighted by molar-refractivity contribution is -0.137. The van der Waals surface area contributed by atoms with Crippen LogP contribution in [0.15, 0.2) is 59.2 Å². The van der Waals surface area contributed by atoms with Crippen LogP contribution < -0.4 is 0 Å². The molecule has 2 aromatic rings. The molecule has 1 aliphatic heterocycles. The van der Waals surface area contributed by atoms with Crippen LogP contribution in [-0.2, 0) is 15.7 Å². The van der Waals surface area contributed by atoms with Crippen molar-refractivity contribution in [2.45, 2.75) is 6.18 Å². The van der Waals surface area contributed by atoms with Crippen LogP contribution in [0.2, 0.25) is 0 Å². The maximum absolute atomic E-state index is 13.2. The Bertz CT molecular complexity index is 852. The SMILES string of the molecule is O=C1OC(c2cccc(F)c2)=N/C1=C\c1ccc(C(F)(F)F)cc1. The van der Waals surface area contributed by atoms with Gasteiger partial charge in [0, 0.05) is 5.56 Å². The third-order valence-corrected chi connectivity index (χ3v) is 3.23. The average molecular weight is 335 g/mol. The molecule has 3 rings (SSSR count). The summed E-state index contributed by atoms with van der Waals surface area (Å²) >= 11 is 0. The molecule has 2 aromatic carbocycles. The number of ether oxygens (including phenoxy) is 1. The molecular formula is C17H9F4NO2. The number of benzene rings is 2. The van der Waals surface area contributed by atoms with Gasteiger partial charge in [0.15, 0.2) is 5.70 Å². The molecule has 1 heterocycles. The van der Waals surface area contributed by atoms with Gasteiger partial charge in [0.1, 0.15) is 5.82 Å². The molecule has 0 N–H and O–H groups in total. The van der Waals surface area contributed by atoms with E-state index in [2.05, 4.69) is 4.99 Å². The molecule has 0 saturated carbocycles. The highest BCUT2D eigenvalue weighted by Gasteiger charge is 2.30. The second kappa shape index (κ2) is 5.92. The molecule has 0 atom stereocenters. The van der Waals surface area contributed by atoms with Gasteiger partial charge in [-0.05, 0) is 42.0 Å². The van der Waals surface area contributed by atoms with Gasteiger partial charge in [0.05, 0.1) is 5.56 Å². The van der Waals surface area contributed by atoms with Crippen molar-refractivity contribution in [3.8, 4) is 0 Å². The molecule has 0 bridgehead atoms. The fourth-order valence-electron chi connectivity index (χ4n) is 2.08. The quantitative estimate of drug-likeness (QED) is 0.469. The van der Waals surface area contributed by atoms with E-state index in [0.29, 0.717) is 11.1 Å². The predicted molar refractivity (Wildman–Crippen MR) is 78.5 cm³/mol. The Kier molecular flexibility index (Phi) is 3.92. The van der Waals surface area contributed by atoms with Crippen LogP contribution in [0.3, 0.4) is 0 Å². The van der Waals surface area contributed by atoms with E-state index >= 15 is 0 Å². The van der Waals surface area contributed by atoms with Gasteiger partial charge in [-0.1, -0.05) is 18.2 Å². The highest BCUT2D eigenvalue weighted by Crippen LogP contribution is 2.29. The summed E-state index contributed by atoms with van der Waals surface area (Å²) in [7, 11) is 0. The Morgan fingerprint density at radius 3 is 2.38 bits per heavy atom.